The lowest BCUT2D eigenvalue weighted by Gasteiger charge is -2.47. The minimum absolute atomic E-state index is 0.113. The van der Waals surface area contributed by atoms with Crippen LogP contribution in [0.15, 0.2) is 30.3 Å². The van der Waals surface area contributed by atoms with E-state index >= 15 is 0 Å². The van der Waals surface area contributed by atoms with Gasteiger partial charge in [0.25, 0.3) is 0 Å². The van der Waals surface area contributed by atoms with Gasteiger partial charge < -0.3 is 24.4 Å². The topological polar surface area (TPSA) is 68.2 Å². The number of fused-ring (bicyclic) bond motifs is 1. The number of ether oxygens (including phenoxy) is 3. The number of benzene rings is 1. The molecular weight excluding hydrogens is 272 g/mol. The summed E-state index contributed by atoms with van der Waals surface area (Å²) in [7, 11) is 0. The maximum Gasteiger partial charge on any atom is 0.184 e. The Labute approximate surface area is 124 Å². The molecule has 6 atom stereocenters. The average molecular weight is 294 g/mol. The first-order valence-electron chi connectivity index (χ1n) is 7.41. The van der Waals surface area contributed by atoms with Crippen molar-refractivity contribution in [2.75, 3.05) is 6.61 Å². The third-order valence-electron chi connectivity index (χ3n) is 4.14. The van der Waals surface area contributed by atoms with Crippen LogP contribution in [0, 0.1) is 5.92 Å². The number of aliphatic hydroxyl groups excluding tert-OH is 2. The van der Waals surface area contributed by atoms with Crippen molar-refractivity contribution >= 4 is 0 Å². The van der Waals surface area contributed by atoms with Gasteiger partial charge in [-0.3, -0.25) is 0 Å². The first-order valence-corrected chi connectivity index (χ1v) is 7.41. The third kappa shape index (κ3) is 2.84. The fraction of sp³-hybridized carbons (Fsp3) is 0.625. The van der Waals surface area contributed by atoms with Gasteiger partial charge in [0.05, 0.1) is 12.7 Å². The van der Waals surface area contributed by atoms with Gasteiger partial charge in [0.15, 0.2) is 6.29 Å². The Balaban J connectivity index is 1.74. The summed E-state index contributed by atoms with van der Waals surface area (Å²) in [6, 6.07) is 9.56. The lowest BCUT2D eigenvalue weighted by Crippen LogP contribution is -2.62. The van der Waals surface area contributed by atoms with Gasteiger partial charge >= 0.3 is 0 Å². The van der Waals surface area contributed by atoms with Gasteiger partial charge in [0.2, 0.25) is 0 Å². The first-order chi connectivity index (χ1) is 10.1. The highest BCUT2D eigenvalue weighted by Gasteiger charge is 2.49. The largest absolute Gasteiger partial charge is 0.388 e. The van der Waals surface area contributed by atoms with Gasteiger partial charge in [-0.2, -0.15) is 0 Å². The molecule has 2 heterocycles. The molecule has 5 nitrogen and oxygen atoms in total. The van der Waals surface area contributed by atoms with Gasteiger partial charge in [0.1, 0.15) is 24.4 Å². The van der Waals surface area contributed by atoms with E-state index < -0.39 is 30.7 Å². The molecule has 0 amide bonds. The molecule has 1 unspecified atom stereocenters. The van der Waals surface area contributed by atoms with E-state index in [4.69, 9.17) is 14.2 Å². The zero-order chi connectivity index (χ0) is 15.0. The van der Waals surface area contributed by atoms with Crippen LogP contribution in [0.25, 0.3) is 0 Å². The second kappa shape index (κ2) is 6.02. The van der Waals surface area contributed by atoms with E-state index in [1.54, 1.807) is 0 Å². The van der Waals surface area contributed by atoms with E-state index in [0.29, 0.717) is 6.61 Å². The highest BCUT2D eigenvalue weighted by atomic mass is 16.7. The van der Waals surface area contributed by atoms with Crippen molar-refractivity contribution in [3.8, 4) is 0 Å². The summed E-state index contributed by atoms with van der Waals surface area (Å²) >= 11 is 0. The number of rotatable bonds is 2. The van der Waals surface area contributed by atoms with Gasteiger partial charge in [-0.05, 0) is 5.92 Å². The van der Waals surface area contributed by atoms with Crippen LogP contribution in [0.1, 0.15) is 25.7 Å². The molecular formula is C16H22O5. The van der Waals surface area contributed by atoms with E-state index in [1.165, 1.54) is 0 Å². The molecule has 5 heteroatoms. The van der Waals surface area contributed by atoms with Crippen molar-refractivity contribution in [2.45, 2.75) is 50.7 Å². The van der Waals surface area contributed by atoms with Crippen LogP contribution in [0.5, 0.6) is 0 Å². The first kappa shape index (κ1) is 14.9. The van der Waals surface area contributed by atoms with Gasteiger partial charge in [-0.25, -0.2) is 0 Å². The van der Waals surface area contributed by atoms with Crippen LogP contribution in [0.4, 0.5) is 0 Å². The lowest BCUT2D eigenvalue weighted by atomic mass is 9.89. The summed E-state index contributed by atoms with van der Waals surface area (Å²) < 4.78 is 17.4. The number of aliphatic hydroxyl groups is 2. The van der Waals surface area contributed by atoms with Gasteiger partial charge in [-0.15, -0.1) is 0 Å². The predicted octanol–water partition coefficient (Wildman–Crippen LogP) is 1.25. The molecule has 2 aliphatic rings. The lowest BCUT2D eigenvalue weighted by molar-refractivity contribution is -0.332. The van der Waals surface area contributed by atoms with Crippen molar-refractivity contribution in [3.05, 3.63) is 35.9 Å². The Morgan fingerprint density at radius 2 is 1.76 bits per heavy atom. The van der Waals surface area contributed by atoms with Crippen LogP contribution < -0.4 is 0 Å². The zero-order valence-corrected chi connectivity index (χ0v) is 12.3. The van der Waals surface area contributed by atoms with Crippen molar-refractivity contribution in [1.82, 2.24) is 0 Å². The normalized spacial score (nSPS) is 40.0. The van der Waals surface area contributed by atoms with E-state index in [2.05, 4.69) is 0 Å². The molecule has 0 aromatic heterocycles. The van der Waals surface area contributed by atoms with E-state index in [1.807, 2.05) is 44.2 Å². The molecule has 0 spiro atoms. The summed E-state index contributed by atoms with van der Waals surface area (Å²) in [6.45, 7) is 4.26. The second-order valence-corrected chi connectivity index (χ2v) is 6.04. The molecule has 21 heavy (non-hydrogen) atoms. The summed E-state index contributed by atoms with van der Waals surface area (Å²) in [6.07, 6.45) is -3.77. The minimum atomic E-state index is -0.966. The predicted molar refractivity (Wildman–Crippen MR) is 75.5 cm³/mol. The molecule has 116 valence electrons. The Bertz CT molecular complexity index is 461. The maximum absolute atomic E-state index is 10.3. The SMILES string of the molecule is CC(C)[C@@H]1O[C@@H]2COC(c3ccccc3)O[C@H]2[C@H](O)[C@H]1O. The standard InChI is InChI=1S/C16H22O5/c1-9(2)14-12(17)13(18)15-11(20-14)8-19-16(21-15)10-6-4-3-5-7-10/h3-7,9,11-18H,8H2,1-2H3/t11-,12-,13-,14+,15-,16?/m1/s1. The molecule has 2 fully saturated rings. The minimum Gasteiger partial charge on any atom is -0.388 e. The van der Waals surface area contributed by atoms with Crippen molar-refractivity contribution in [3.63, 3.8) is 0 Å². The summed E-state index contributed by atoms with van der Waals surface area (Å²) in [5, 5.41) is 20.6. The fourth-order valence-corrected chi connectivity index (χ4v) is 2.97. The van der Waals surface area contributed by atoms with Crippen molar-refractivity contribution < 1.29 is 24.4 Å². The van der Waals surface area contributed by atoms with Gasteiger partial charge in [-0.1, -0.05) is 44.2 Å². The van der Waals surface area contributed by atoms with Crippen molar-refractivity contribution in [2.24, 2.45) is 5.92 Å². The Hall–Kier alpha value is -0.980. The molecule has 0 radical (unpaired) electrons. The highest BCUT2D eigenvalue weighted by Crippen LogP contribution is 2.35. The van der Waals surface area contributed by atoms with Crippen molar-refractivity contribution in [1.29, 1.82) is 0 Å². The van der Waals surface area contributed by atoms with E-state index in [9.17, 15) is 10.2 Å². The molecule has 1 aromatic rings. The Kier molecular flexibility index (Phi) is 4.28. The molecule has 0 bridgehead atoms. The number of hydrogen-bond acceptors (Lipinski definition) is 5. The number of hydrogen-bond donors (Lipinski definition) is 2. The van der Waals surface area contributed by atoms with Crippen LogP contribution in [-0.4, -0.2) is 47.3 Å². The molecule has 0 saturated carbocycles. The fourth-order valence-electron chi connectivity index (χ4n) is 2.97. The summed E-state index contributed by atoms with van der Waals surface area (Å²) in [5.41, 5.74) is 0.892. The van der Waals surface area contributed by atoms with Crippen LogP contribution >= 0.6 is 0 Å². The highest BCUT2D eigenvalue weighted by molar-refractivity contribution is 5.16. The smallest absolute Gasteiger partial charge is 0.184 e. The molecule has 1 aromatic carbocycles. The molecule has 0 aliphatic carbocycles. The van der Waals surface area contributed by atoms with Crippen LogP contribution in [-0.2, 0) is 14.2 Å². The molecule has 2 aliphatic heterocycles. The monoisotopic (exact) mass is 294 g/mol. The quantitative estimate of drug-likeness (QED) is 0.859. The van der Waals surface area contributed by atoms with Crippen LogP contribution in [0.3, 0.4) is 0 Å². The van der Waals surface area contributed by atoms with Gasteiger partial charge in [0, 0.05) is 5.56 Å². The van der Waals surface area contributed by atoms with E-state index in [0.717, 1.165) is 5.56 Å². The van der Waals surface area contributed by atoms with E-state index in [-0.39, 0.29) is 12.0 Å². The molecule has 2 N–H and O–H groups in total. The third-order valence-corrected chi connectivity index (χ3v) is 4.14. The second-order valence-electron chi connectivity index (χ2n) is 6.04. The summed E-state index contributed by atoms with van der Waals surface area (Å²) in [5.74, 6) is 0.113. The Morgan fingerprint density at radius 1 is 1.05 bits per heavy atom. The maximum atomic E-state index is 10.3. The zero-order valence-electron chi connectivity index (χ0n) is 12.3. The molecule has 3 rings (SSSR count). The molecule has 2 saturated heterocycles. The Morgan fingerprint density at radius 3 is 2.43 bits per heavy atom. The summed E-state index contributed by atoms with van der Waals surface area (Å²) in [4.78, 5) is 0. The average Bonchev–Trinajstić information content (AvgIpc) is 2.51. The van der Waals surface area contributed by atoms with Crippen LogP contribution in [0.2, 0.25) is 0 Å².